The van der Waals surface area contributed by atoms with Gasteiger partial charge in [-0.3, -0.25) is 4.90 Å². The highest BCUT2D eigenvalue weighted by molar-refractivity contribution is 5.67. The van der Waals surface area contributed by atoms with Crippen molar-refractivity contribution in [3.05, 3.63) is 35.4 Å². The second kappa shape index (κ2) is 5.12. The molecule has 2 aliphatic carbocycles. The van der Waals surface area contributed by atoms with Crippen molar-refractivity contribution < 1.29 is 9.90 Å². The molecule has 2 aliphatic rings. The predicted molar refractivity (Wildman–Crippen MR) is 78.8 cm³/mol. The quantitative estimate of drug-likeness (QED) is 0.884. The molecule has 0 spiro atoms. The number of amides is 1. The Morgan fingerprint density at radius 1 is 1.35 bits per heavy atom. The minimum atomic E-state index is -0.767. The third-order valence-corrected chi connectivity index (χ3v) is 5.31. The molecule has 0 aliphatic heterocycles. The minimum Gasteiger partial charge on any atom is -0.465 e. The maximum Gasteiger partial charge on any atom is 0.408 e. The molecule has 1 fully saturated rings. The van der Waals surface area contributed by atoms with Crippen molar-refractivity contribution in [2.45, 2.75) is 51.0 Å². The van der Waals surface area contributed by atoms with Crippen LogP contribution in [0.15, 0.2) is 24.3 Å². The number of carbonyl (C=O) groups is 1. The Morgan fingerprint density at radius 2 is 2.15 bits per heavy atom. The standard InChI is InChI=1S/C17H23NO2/c1-2-18(16(19)20)17-12-6-5-8-14(17)11-10-13-7-3-4-9-15(13)17/h3-4,7,9,14H,2,5-6,8,10-12H2,1H3,(H,19,20)/t14-,17+/m0/s1. The largest absolute Gasteiger partial charge is 0.465 e. The normalized spacial score (nSPS) is 28.4. The number of aryl methyl sites for hydroxylation is 1. The first kappa shape index (κ1) is 13.5. The van der Waals surface area contributed by atoms with E-state index in [-0.39, 0.29) is 5.54 Å². The van der Waals surface area contributed by atoms with Crippen LogP contribution < -0.4 is 0 Å². The van der Waals surface area contributed by atoms with Crippen molar-refractivity contribution in [2.24, 2.45) is 5.92 Å². The first-order chi connectivity index (χ1) is 9.70. The average Bonchev–Trinajstić information content (AvgIpc) is 2.47. The van der Waals surface area contributed by atoms with E-state index in [1.165, 1.54) is 17.5 Å². The van der Waals surface area contributed by atoms with E-state index in [0.29, 0.717) is 12.5 Å². The highest BCUT2D eigenvalue weighted by Crippen LogP contribution is 2.52. The zero-order valence-corrected chi connectivity index (χ0v) is 12.1. The molecule has 3 rings (SSSR count). The summed E-state index contributed by atoms with van der Waals surface area (Å²) in [4.78, 5) is 13.5. The van der Waals surface area contributed by atoms with E-state index in [2.05, 4.69) is 24.3 Å². The van der Waals surface area contributed by atoms with Gasteiger partial charge in [0, 0.05) is 6.54 Å². The van der Waals surface area contributed by atoms with Crippen LogP contribution in [0.1, 0.15) is 50.2 Å². The summed E-state index contributed by atoms with van der Waals surface area (Å²) >= 11 is 0. The number of nitrogens with zero attached hydrogens (tertiary/aromatic N) is 1. The Kier molecular flexibility index (Phi) is 3.45. The average molecular weight is 273 g/mol. The molecule has 2 atom stereocenters. The fourth-order valence-corrected chi connectivity index (χ4v) is 4.55. The van der Waals surface area contributed by atoms with Crippen LogP contribution in [0.5, 0.6) is 0 Å². The fourth-order valence-electron chi connectivity index (χ4n) is 4.55. The van der Waals surface area contributed by atoms with E-state index in [1.807, 2.05) is 6.92 Å². The molecule has 108 valence electrons. The first-order valence-corrected chi connectivity index (χ1v) is 7.79. The van der Waals surface area contributed by atoms with E-state index >= 15 is 0 Å². The number of hydrogen-bond donors (Lipinski definition) is 1. The van der Waals surface area contributed by atoms with Gasteiger partial charge in [-0.1, -0.05) is 37.1 Å². The molecule has 0 heterocycles. The maximum atomic E-state index is 11.8. The number of hydrogen-bond acceptors (Lipinski definition) is 1. The van der Waals surface area contributed by atoms with Crippen LogP contribution in [0.4, 0.5) is 4.79 Å². The minimum absolute atomic E-state index is 0.270. The zero-order valence-electron chi connectivity index (χ0n) is 12.1. The Balaban J connectivity index is 2.17. The van der Waals surface area contributed by atoms with Gasteiger partial charge in [-0.05, 0) is 49.7 Å². The van der Waals surface area contributed by atoms with Gasteiger partial charge in [-0.25, -0.2) is 4.79 Å². The molecule has 3 nitrogen and oxygen atoms in total. The highest BCUT2D eigenvalue weighted by Gasteiger charge is 2.50. The van der Waals surface area contributed by atoms with Crippen LogP contribution >= 0.6 is 0 Å². The number of rotatable bonds is 2. The van der Waals surface area contributed by atoms with Gasteiger partial charge >= 0.3 is 6.09 Å². The first-order valence-electron chi connectivity index (χ1n) is 7.79. The lowest BCUT2D eigenvalue weighted by atomic mass is 9.61. The smallest absolute Gasteiger partial charge is 0.408 e. The lowest BCUT2D eigenvalue weighted by molar-refractivity contribution is -0.00231. The van der Waals surface area contributed by atoms with Crippen molar-refractivity contribution in [3.8, 4) is 0 Å². The molecule has 0 bridgehead atoms. The highest BCUT2D eigenvalue weighted by atomic mass is 16.4. The van der Waals surface area contributed by atoms with Crippen LogP contribution in [0.2, 0.25) is 0 Å². The topological polar surface area (TPSA) is 40.5 Å². The second-order valence-electron chi connectivity index (χ2n) is 6.09. The van der Waals surface area contributed by atoms with E-state index in [9.17, 15) is 9.90 Å². The summed E-state index contributed by atoms with van der Waals surface area (Å²) in [5, 5.41) is 9.71. The van der Waals surface area contributed by atoms with E-state index in [4.69, 9.17) is 0 Å². The van der Waals surface area contributed by atoms with Crippen molar-refractivity contribution in [1.29, 1.82) is 0 Å². The van der Waals surface area contributed by atoms with Gasteiger partial charge in [0.2, 0.25) is 0 Å². The van der Waals surface area contributed by atoms with Gasteiger partial charge in [-0.2, -0.15) is 0 Å². The van der Waals surface area contributed by atoms with Crippen LogP contribution in [0, 0.1) is 5.92 Å². The molecule has 1 saturated carbocycles. The molecule has 1 aromatic rings. The molecule has 0 radical (unpaired) electrons. The molecular formula is C17H23NO2. The number of benzene rings is 1. The van der Waals surface area contributed by atoms with Crippen LogP contribution in [0.3, 0.4) is 0 Å². The molecule has 20 heavy (non-hydrogen) atoms. The summed E-state index contributed by atoms with van der Waals surface area (Å²) < 4.78 is 0. The summed E-state index contributed by atoms with van der Waals surface area (Å²) in [5.74, 6) is 0.488. The SMILES string of the molecule is CCN(C(=O)O)[C@]12CCCC[C@H]1CCc1ccccc12. The Labute approximate surface area is 120 Å². The number of fused-ring (bicyclic) bond motifs is 3. The van der Waals surface area contributed by atoms with Crippen LogP contribution in [-0.2, 0) is 12.0 Å². The molecule has 0 saturated heterocycles. The van der Waals surface area contributed by atoms with Crippen molar-refractivity contribution >= 4 is 6.09 Å². The Hall–Kier alpha value is -1.51. The molecular weight excluding hydrogens is 250 g/mol. The third-order valence-electron chi connectivity index (χ3n) is 5.31. The van der Waals surface area contributed by atoms with Crippen molar-refractivity contribution in [1.82, 2.24) is 4.90 Å². The lowest BCUT2D eigenvalue weighted by Gasteiger charge is -2.53. The fraction of sp³-hybridized carbons (Fsp3) is 0.588. The lowest BCUT2D eigenvalue weighted by Crippen LogP contribution is -2.56. The van der Waals surface area contributed by atoms with E-state index in [0.717, 1.165) is 32.1 Å². The Bertz CT molecular complexity index is 513. The monoisotopic (exact) mass is 273 g/mol. The van der Waals surface area contributed by atoms with Crippen molar-refractivity contribution in [3.63, 3.8) is 0 Å². The number of carboxylic acid groups (broad SMARTS) is 1. The van der Waals surface area contributed by atoms with Gasteiger partial charge < -0.3 is 5.11 Å². The molecule has 1 N–H and O–H groups in total. The van der Waals surface area contributed by atoms with E-state index in [1.54, 1.807) is 4.90 Å². The molecule has 3 heteroatoms. The summed E-state index contributed by atoms with van der Waals surface area (Å²) in [7, 11) is 0. The van der Waals surface area contributed by atoms with Crippen LogP contribution in [0.25, 0.3) is 0 Å². The van der Waals surface area contributed by atoms with Gasteiger partial charge in [0.1, 0.15) is 0 Å². The summed E-state index contributed by atoms with van der Waals surface area (Å²) in [6, 6.07) is 8.48. The predicted octanol–water partition coefficient (Wildman–Crippen LogP) is 4.02. The van der Waals surface area contributed by atoms with Crippen LogP contribution in [-0.4, -0.2) is 22.6 Å². The molecule has 0 aromatic heterocycles. The van der Waals surface area contributed by atoms with E-state index < -0.39 is 6.09 Å². The Morgan fingerprint density at radius 3 is 2.90 bits per heavy atom. The van der Waals surface area contributed by atoms with Gasteiger partial charge in [0.05, 0.1) is 5.54 Å². The second-order valence-corrected chi connectivity index (χ2v) is 6.09. The van der Waals surface area contributed by atoms with Gasteiger partial charge in [0.25, 0.3) is 0 Å². The summed E-state index contributed by atoms with van der Waals surface area (Å²) in [6.07, 6.45) is 5.98. The summed E-state index contributed by atoms with van der Waals surface area (Å²) in [5.41, 5.74) is 2.36. The zero-order chi connectivity index (χ0) is 14.2. The molecule has 1 aromatic carbocycles. The van der Waals surface area contributed by atoms with Crippen molar-refractivity contribution in [2.75, 3.05) is 6.54 Å². The van der Waals surface area contributed by atoms with Gasteiger partial charge in [-0.15, -0.1) is 0 Å². The molecule has 1 amide bonds. The molecule has 0 unspecified atom stereocenters. The third kappa shape index (κ3) is 1.83. The maximum absolute atomic E-state index is 11.8. The summed E-state index contributed by atoms with van der Waals surface area (Å²) in [6.45, 7) is 2.53. The van der Waals surface area contributed by atoms with Gasteiger partial charge in [0.15, 0.2) is 0 Å².